The molecule has 3 saturated heterocycles. The van der Waals surface area contributed by atoms with Crippen molar-refractivity contribution in [2.45, 2.75) is 176 Å². The lowest BCUT2D eigenvalue weighted by Gasteiger charge is -2.48. The fourth-order valence-corrected chi connectivity index (χ4v) is 18.2. The van der Waals surface area contributed by atoms with Crippen LogP contribution in [0.2, 0.25) is 10.0 Å². The number of carboxylic acid groups (broad SMARTS) is 1. The molecule has 9 amide bonds. The molecule has 0 aromatic heterocycles. The Hall–Kier alpha value is -12.2. The minimum Gasteiger partial charge on any atom is -0.508 e. The minimum atomic E-state index is -2.39. The summed E-state index contributed by atoms with van der Waals surface area (Å²) in [6, 6.07) is 15.5. The summed E-state index contributed by atoms with van der Waals surface area (Å²) in [4.78, 5) is 147. The normalized spacial score (nSPS) is 28.9. The molecular weight excluding hydrogens is 1740 g/mol. The average molecular weight is 1840 g/mol. The number of fused-ring (bicyclic) bond motifs is 16. The van der Waals surface area contributed by atoms with E-state index < -0.39 is 249 Å². The van der Waals surface area contributed by atoms with Gasteiger partial charge in [-0.3, -0.25) is 48.1 Å². The second kappa shape index (κ2) is 39.2. The molecule has 16 rings (SSSR count). The Bertz CT molecular complexity index is 5540. The summed E-state index contributed by atoms with van der Waals surface area (Å²) >= 11 is 14.4. The van der Waals surface area contributed by atoms with Crippen molar-refractivity contribution in [3.8, 4) is 62.9 Å². The summed E-state index contributed by atoms with van der Waals surface area (Å²) in [5.74, 6) is -17.2. The van der Waals surface area contributed by atoms with E-state index in [1.165, 1.54) is 31.0 Å². The number of halogens is 2. The molecule has 9 aliphatic rings. The lowest BCUT2D eigenvalue weighted by molar-refractivity contribution is -0.332. The van der Waals surface area contributed by atoms with E-state index in [9.17, 15) is 75.0 Å². The van der Waals surface area contributed by atoms with Gasteiger partial charge in [-0.25, -0.2) is 4.79 Å². The van der Waals surface area contributed by atoms with Gasteiger partial charge in [-0.2, -0.15) is 0 Å². The topological polar surface area (TPSA) is 563 Å². The first-order valence-electron chi connectivity index (χ1n) is 42.2. The average Bonchev–Trinajstić information content (AvgIpc) is 1.48. The van der Waals surface area contributed by atoms with Crippen molar-refractivity contribution < 1.29 is 132 Å². The van der Waals surface area contributed by atoms with Crippen LogP contribution in [-0.2, 0) is 62.2 Å². The predicted molar refractivity (Wildman–Crippen MR) is 462 cm³/mol. The monoisotopic (exact) mass is 1830 g/mol. The van der Waals surface area contributed by atoms with Crippen molar-refractivity contribution in [1.29, 1.82) is 0 Å². The first-order chi connectivity index (χ1) is 61.9. The summed E-state index contributed by atoms with van der Waals surface area (Å²) < 4.78 is 45.7. The Kier molecular flexibility index (Phi) is 28.3. The van der Waals surface area contributed by atoms with Gasteiger partial charge < -0.3 is 132 Å². The van der Waals surface area contributed by atoms with Gasteiger partial charge in [0.05, 0.1) is 59.2 Å². The molecule has 130 heavy (non-hydrogen) atoms. The fraction of sp³-hybridized carbons (Fsp3) is 0.407. The van der Waals surface area contributed by atoms with Gasteiger partial charge in [0.15, 0.2) is 29.9 Å². The number of rotatable bonds is 22. The van der Waals surface area contributed by atoms with E-state index >= 15 is 24.0 Å². The number of hydrogen-bond acceptors (Lipinski definition) is 28. The molecule has 1 saturated carbocycles. The van der Waals surface area contributed by atoms with Gasteiger partial charge >= 0.3 is 5.97 Å². The van der Waals surface area contributed by atoms with Gasteiger partial charge in [0.25, 0.3) is 0 Å². The molecule has 7 aromatic rings. The molecule has 39 heteroatoms. The van der Waals surface area contributed by atoms with E-state index in [0.717, 1.165) is 78.7 Å². The van der Waals surface area contributed by atoms with Crippen molar-refractivity contribution >= 4 is 94.1 Å². The Balaban J connectivity index is 0.841. The lowest BCUT2D eigenvalue weighted by atomic mass is 9.84. The second-order valence-electron chi connectivity index (χ2n) is 34.0. The summed E-state index contributed by atoms with van der Waals surface area (Å²) in [5, 5.41) is 137. The molecule has 10 unspecified atom stereocenters. The van der Waals surface area contributed by atoms with Gasteiger partial charge in [0.1, 0.15) is 101 Å². The van der Waals surface area contributed by atoms with Crippen LogP contribution in [0.3, 0.4) is 0 Å². The third kappa shape index (κ3) is 19.9. The highest BCUT2D eigenvalue weighted by atomic mass is 35.5. The zero-order valence-electron chi connectivity index (χ0n) is 70.9. The van der Waals surface area contributed by atoms with E-state index in [1.54, 1.807) is 31.2 Å². The zero-order valence-corrected chi connectivity index (χ0v) is 72.4. The zero-order chi connectivity index (χ0) is 93.3. The van der Waals surface area contributed by atoms with E-state index in [4.69, 9.17) is 62.1 Å². The van der Waals surface area contributed by atoms with Crippen LogP contribution < -0.4 is 67.2 Å². The number of aliphatic hydroxyl groups excluding tert-OH is 6. The van der Waals surface area contributed by atoms with Crippen molar-refractivity contribution in [3.63, 3.8) is 0 Å². The first-order valence-corrected chi connectivity index (χ1v) is 42.9. The number of nitrogens with zero attached hydrogens (tertiary/aromatic N) is 1. The number of benzene rings is 7. The fourth-order valence-electron chi connectivity index (χ4n) is 17.7. The van der Waals surface area contributed by atoms with Gasteiger partial charge in [0, 0.05) is 41.4 Å². The Morgan fingerprint density at radius 3 is 1.97 bits per heavy atom. The number of carboxylic acids is 1. The van der Waals surface area contributed by atoms with Gasteiger partial charge in [-0.05, 0) is 165 Å². The van der Waals surface area contributed by atoms with Crippen LogP contribution in [0.15, 0.2) is 140 Å². The Morgan fingerprint density at radius 1 is 0.692 bits per heavy atom. The number of ether oxygens (including phenoxy) is 7. The number of aliphatic carboxylic acids is 1. The van der Waals surface area contributed by atoms with Crippen LogP contribution in [0.4, 0.5) is 5.69 Å². The number of likely N-dealkylation sites (tertiary alicyclic amines) is 1. The number of aromatic hydroxyl groups is 3. The molecule has 7 aromatic carbocycles. The molecule has 0 radical (unpaired) electrons. The standard InChI is InChI=1S/C91H100Cl2N10O27/c1-39(2)27-55(95-6)81(114)100-72-74(109)45-16-23-59(53(92)30-45)126-61-32-47-33-62(127-60-24-17-46(31-54(60)93)75(110)73-86(119)99-71(89(122)123)52-34-49(105)35-58(107)68(52)51-29-44(15-22-57(51)106)69(83(116)101-73)98-84(117)70(47)97-82(115)56(36-64(94)108)96-85(72)118)78(61)130-90-79(77(112)76(111)63(38-104)128-90)129-65-37-91(5,80(113)41(4)125-65)102-48-18-20-50(21-19-48)124-26-10-25-103-87(120)66-40(3)28-43(67(66)88(103)121)14-13-42-11-8-7-9-12-42/h7-9,11-24,29-35,39-41,43,55-56,63,65-67,69-77,79-80,90,95,102,104-107,109-113H,10,25-28,36-38H2,1-6H3,(H2,94,108)(H,96,118)(H,97,115)(H,98,117)(H,99,119)(H,100,114)(H,101,116)(H,122,123)/b14-13+/t40?,41?,43?,55-,56-,63?,65-,66?,67?,69+,70+,71-,72?,73-,74+,75+,76-,77-,79?,80+,90?,91?/m0/s1. The van der Waals surface area contributed by atoms with Gasteiger partial charge in [-0.1, -0.05) is 105 Å². The molecule has 690 valence electrons. The number of aliphatic hydroxyl groups is 6. The Morgan fingerprint density at radius 2 is 1.33 bits per heavy atom. The number of carbonyl (C=O) groups excluding carboxylic acids is 9. The quantitative estimate of drug-likeness (QED) is 0.0313. The minimum absolute atomic E-state index is 0.0130. The van der Waals surface area contributed by atoms with Crippen LogP contribution in [0.1, 0.15) is 130 Å². The highest BCUT2D eigenvalue weighted by Gasteiger charge is 2.57. The van der Waals surface area contributed by atoms with Crippen molar-refractivity contribution in [2.24, 2.45) is 35.3 Å². The molecule has 8 aliphatic heterocycles. The van der Waals surface area contributed by atoms with Crippen LogP contribution >= 0.6 is 23.2 Å². The molecule has 1 aliphatic carbocycles. The van der Waals surface area contributed by atoms with Crippen LogP contribution in [0.25, 0.3) is 17.2 Å². The number of nitrogens with one attached hydrogen (secondary N) is 8. The predicted octanol–water partition coefficient (Wildman–Crippen LogP) is 5.00. The SMILES string of the molecule is CN[C@@H](CC(C)C)C(=O)NC1C(=O)N[C@@H](CC(N)=O)C(=O)N[C@H]2C(=O)N[C@H]3C(=O)N[C@H](C(=O)N[C@H](C(=O)O)c4cc(O)cc(O)c4-c4cc3ccc4O)[C@H](O)c3ccc(c(Cl)c3)Oc3cc2cc(c3OC2OC(CO)[C@H](O)[C@H](O)C2O[C@H]2CC(C)(Nc3ccc(OCCCN4C(=O)C5C(C)CC(/C=C/c6ccccc6)C5C4=O)cc3)[C@H](O)C(C)O2)Oc2ccc(cc2Cl)[C@H]1O. The highest BCUT2D eigenvalue weighted by Crippen LogP contribution is 2.52. The molecule has 20 N–H and O–H groups in total. The number of nitrogens with two attached hydrogens (primary N) is 1. The van der Waals surface area contributed by atoms with Crippen molar-refractivity contribution in [2.75, 3.05) is 32.1 Å². The van der Waals surface area contributed by atoms with Gasteiger partial charge in [-0.15, -0.1) is 0 Å². The number of carbonyl (C=O) groups is 10. The van der Waals surface area contributed by atoms with E-state index in [-0.39, 0.29) is 83.0 Å². The maximum Gasteiger partial charge on any atom is 0.330 e. The van der Waals surface area contributed by atoms with Crippen LogP contribution in [0, 0.1) is 29.6 Å². The number of primary amides is 1. The number of allylic oxidation sites excluding steroid dienone is 1. The van der Waals surface area contributed by atoms with Crippen molar-refractivity contribution in [3.05, 3.63) is 183 Å². The smallest absolute Gasteiger partial charge is 0.330 e. The second-order valence-corrected chi connectivity index (χ2v) is 34.8. The number of hydrogen-bond donors (Lipinski definition) is 19. The number of anilines is 1. The van der Waals surface area contributed by atoms with E-state index in [0.29, 0.717) is 17.9 Å². The molecular formula is C91H100Cl2N10O27. The molecule has 11 bridgehead atoms. The summed E-state index contributed by atoms with van der Waals surface area (Å²) in [6.45, 7) is 8.12. The third-order valence-corrected chi connectivity index (χ3v) is 24.9. The van der Waals surface area contributed by atoms with Crippen LogP contribution in [-0.4, -0.2) is 221 Å². The summed E-state index contributed by atoms with van der Waals surface area (Å²) in [5.41, 5.74) is 2.92. The molecule has 0 spiro atoms. The van der Waals surface area contributed by atoms with Crippen molar-refractivity contribution in [1.82, 2.24) is 42.1 Å². The number of phenolic OH excluding ortho intramolecular Hbond substituents is 3. The first kappa shape index (κ1) is 93.9. The van der Waals surface area contributed by atoms with E-state index in [1.807, 2.05) is 63.3 Å². The maximum atomic E-state index is 16.3. The molecule has 4 fully saturated rings. The molecule has 8 heterocycles. The summed E-state index contributed by atoms with van der Waals surface area (Å²) in [7, 11) is 1.47. The van der Waals surface area contributed by atoms with E-state index in [2.05, 4.69) is 42.5 Å². The Labute approximate surface area is 753 Å². The number of amides is 9. The number of imide groups is 1. The van der Waals surface area contributed by atoms with Crippen LogP contribution in [0.5, 0.6) is 51.7 Å². The number of phenols is 3. The molecule has 37 nitrogen and oxygen atoms in total. The highest BCUT2D eigenvalue weighted by molar-refractivity contribution is 6.32. The lowest BCUT2D eigenvalue weighted by Crippen LogP contribution is -2.64. The molecule has 22 atom stereocenters. The maximum absolute atomic E-state index is 16.3. The number of likely N-dealkylation sites (N-methyl/N-ethyl adjacent to an activating group) is 1. The van der Waals surface area contributed by atoms with Gasteiger partial charge in [0.2, 0.25) is 65.2 Å². The third-order valence-electron chi connectivity index (χ3n) is 24.4. The largest absolute Gasteiger partial charge is 0.508 e. The summed E-state index contributed by atoms with van der Waals surface area (Å²) in [6.07, 6.45) is -14.2.